The molecule has 0 amide bonds. The van der Waals surface area contributed by atoms with Gasteiger partial charge < -0.3 is 5.32 Å². The van der Waals surface area contributed by atoms with Gasteiger partial charge in [0.25, 0.3) is 0 Å². The summed E-state index contributed by atoms with van der Waals surface area (Å²) in [6.45, 7) is 9.63. The molecule has 0 spiro atoms. The number of rotatable bonds is 6. The topological polar surface area (TPSA) is 37.8 Å². The number of nitrogens with zero attached hydrogens (tertiary/aromatic N) is 2. The van der Waals surface area contributed by atoms with E-state index in [0.29, 0.717) is 5.25 Å². The van der Waals surface area contributed by atoms with Crippen LogP contribution in [0.2, 0.25) is 0 Å². The predicted molar refractivity (Wildman–Crippen MR) is 71.2 cm³/mol. The van der Waals surface area contributed by atoms with E-state index in [1.165, 1.54) is 5.56 Å². The molecular weight excluding hydrogens is 218 g/mol. The van der Waals surface area contributed by atoms with Crippen molar-refractivity contribution < 1.29 is 0 Å². The number of hydrogen-bond acceptors (Lipinski definition) is 4. The lowest BCUT2D eigenvalue weighted by Crippen LogP contribution is -2.06. The third-order valence-corrected chi connectivity index (χ3v) is 3.84. The van der Waals surface area contributed by atoms with E-state index in [-0.39, 0.29) is 0 Å². The summed E-state index contributed by atoms with van der Waals surface area (Å²) in [5, 5.41) is 5.03. The second kappa shape index (κ2) is 6.74. The highest BCUT2D eigenvalue weighted by molar-refractivity contribution is 7.99. The lowest BCUT2D eigenvalue weighted by molar-refractivity contribution is 0.892. The first-order valence-electron chi connectivity index (χ1n) is 5.91. The van der Waals surface area contributed by atoms with Crippen LogP contribution in [-0.4, -0.2) is 21.8 Å². The first-order valence-corrected chi connectivity index (χ1v) is 6.79. The molecular formula is C12H21N3S. The van der Waals surface area contributed by atoms with Crippen molar-refractivity contribution in [1.29, 1.82) is 0 Å². The van der Waals surface area contributed by atoms with Gasteiger partial charge >= 0.3 is 0 Å². The first-order chi connectivity index (χ1) is 7.69. The fraction of sp³-hybridized carbons (Fsp3) is 0.667. The van der Waals surface area contributed by atoms with Gasteiger partial charge in [0.05, 0.1) is 0 Å². The van der Waals surface area contributed by atoms with Crippen molar-refractivity contribution in [2.45, 2.75) is 50.8 Å². The molecule has 3 nitrogen and oxygen atoms in total. The van der Waals surface area contributed by atoms with Crippen LogP contribution in [0, 0.1) is 6.92 Å². The first kappa shape index (κ1) is 13.3. The molecule has 0 saturated heterocycles. The fourth-order valence-electron chi connectivity index (χ4n) is 1.25. The molecule has 1 aromatic rings. The van der Waals surface area contributed by atoms with Gasteiger partial charge in [-0.25, -0.2) is 9.97 Å². The number of nitrogens with one attached hydrogen (secondary N) is 1. The summed E-state index contributed by atoms with van der Waals surface area (Å²) in [6, 6.07) is 0. The number of thioether (sulfide) groups is 1. The van der Waals surface area contributed by atoms with Crippen LogP contribution in [0.4, 0.5) is 5.82 Å². The Hall–Kier alpha value is -0.770. The minimum atomic E-state index is 0.604. The third-order valence-electron chi connectivity index (χ3n) is 2.47. The molecule has 1 heterocycles. The summed E-state index contributed by atoms with van der Waals surface area (Å²) in [5.74, 6) is 0.975. The summed E-state index contributed by atoms with van der Waals surface area (Å²) in [4.78, 5) is 8.62. The van der Waals surface area contributed by atoms with Crippen LogP contribution in [0.25, 0.3) is 0 Å². The average molecular weight is 239 g/mol. The summed E-state index contributed by atoms with van der Waals surface area (Å²) in [5.41, 5.74) is 1.17. The molecule has 1 rings (SSSR count). The van der Waals surface area contributed by atoms with Gasteiger partial charge in [-0.3, -0.25) is 0 Å². The van der Waals surface area contributed by atoms with Crippen molar-refractivity contribution in [3.63, 3.8) is 0 Å². The Kier molecular flexibility index (Phi) is 5.60. The molecule has 4 heteroatoms. The van der Waals surface area contributed by atoms with Gasteiger partial charge in [0.15, 0.2) is 0 Å². The highest BCUT2D eigenvalue weighted by Gasteiger charge is 2.09. The minimum Gasteiger partial charge on any atom is -0.370 e. The molecule has 1 unspecified atom stereocenters. The maximum atomic E-state index is 4.35. The van der Waals surface area contributed by atoms with Crippen LogP contribution in [0.3, 0.4) is 0 Å². The Labute approximate surface area is 102 Å². The van der Waals surface area contributed by atoms with E-state index in [2.05, 4.69) is 43.0 Å². The van der Waals surface area contributed by atoms with Crippen LogP contribution >= 0.6 is 11.8 Å². The quantitative estimate of drug-likeness (QED) is 0.609. The van der Waals surface area contributed by atoms with Crippen LogP contribution in [0.15, 0.2) is 11.4 Å². The number of anilines is 1. The van der Waals surface area contributed by atoms with Gasteiger partial charge in [0.2, 0.25) is 0 Å². The molecule has 0 aliphatic rings. The molecule has 0 fully saturated rings. The van der Waals surface area contributed by atoms with E-state index < -0.39 is 0 Å². The molecule has 16 heavy (non-hydrogen) atoms. The van der Waals surface area contributed by atoms with Gasteiger partial charge in [0, 0.05) is 17.4 Å². The zero-order valence-corrected chi connectivity index (χ0v) is 11.4. The van der Waals surface area contributed by atoms with Gasteiger partial charge in [-0.2, -0.15) is 0 Å². The van der Waals surface area contributed by atoms with Crippen LogP contribution in [0.1, 0.15) is 39.2 Å². The summed E-state index contributed by atoms with van der Waals surface area (Å²) in [7, 11) is 0. The third kappa shape index (κ3) is 3.67. The normalized spacial score (nSPS) is 12.5. The Morgan fingerprint density at radius 3 is 2.75 bits per heavy atom. The summed E-state index contributed by atoms with van der Waals surface area (Å²) in [6.07, 6.45) is 3.92. The Balaban J connectivity index is 2.77. The van der Waals surface area contributed by atoms with Crippen LogP contribution in [0.5, 0.6) is 0 Å². The average Bonchev–Trinajstić information content (AvgIpc) is 2.30. The smallest absolute Gasteiger partial charge is 0.133 e. The number of hydrogen-bond donors (Lipinski definition) is 1. The van der Waals surface area contributed by atoms with E-state index in [1.54, 1.807) is 6.33 Å². The maximum absolute atomic E-state index is 4.35. The standard InChI is InChI=1S/C12H21N3S/c1-5-7-13-11-10(4)12(15-8-14-11)16-9(3)6-2/h8-9H,5-7H2,1-4H3,(H,13,14,15). The second-order valence-electron chi connectivity index (χ2n) is 3.92. The van der Waals surface area contributed by atoms with E-state index >= 15 is 0 Å². The lowest BCUT2D eigenvalue weighted by Gasteiger charge is -2.12. The van der Waals surface area contributed by atoms with E-state index in [9.17, 15) is 0 Å². The molecule has 1 aromatic heterocycles. The Bertz CT molecular complexity index is 328. The summed E-state index contributed by atoms with van der Waals surface area (Å²) >= 11 is 1.83. The molecule has 0 aliphatic carbocycles. The molecule has 90 valence electrons. The SMILES string of the molecule is CCCNc1ncnc(SC(C)CC)c1C. The van der Waals surface area contributed by atoms with Gasteiger partial charge in [-0.1, -0.05) is 20.8 Å². The largest absolute Gasteiger partial charge is 0.370 e. The molecule has 1 atom stereocenters. The fourth-order valence-corrected chi connectivity index (χ4v) is 2.18. The van der Waals surface area contributed by atoms with Gasteiger partial charge in [-0.15, -0.1) is 11.8 Å². The zero-order valence-electron chi connectivity index (χ0n) is 10.6. The lowest BCUT2D eigenvalue weighted by atomic mass is 10.3. The Morgan fingerprint density at radius 2 is 2.12 bits per heavy atom. The van der Waals surface area contributed by atoms with Crippen molar-refractivity contribution >= 4 is 17.6 Å². The maximum Gasteiger partial charge on any atom is 0.133 e. The van der Waals surface area contributed by atoms with Crippen LogP contribution in [-0.2, 0) is 0 Å². The van der Waals surface area contributed by atoms with Gasteiger partial charge in [0.1, 0.15) is 17.2 Å². The van der Waals surface area contributed by atoms with E-state index in [1.807, 2.05) is 11.8 Å². The second-order valence-corrected chi connectivity index (χ2v) is 5.34. The molecule has 0 aromatic carbocycles. The highest BCUT2D eigenvalue weighted by atomic mass is 32.2. The highest BCUT2D eigenvalue weighted by Crippen LogP contribution is 2.28. The summed E-state index contributed by atoms with van der Waals surface area (Å²) < 4.78 is 0. The monoisotopic (exact) mass is 239 g/mol. The molecule has 0 saturated carbocycles. The van der Waals surface area contributed by atoms with Crippen molar-refractivity contribution in [3.05, 3.63) is 11.9 Å². The molecule has 0 bridgehead atoms. The van der Waals surface area contributed by atoms with Crippen molar-refractivity contribution in [2.75, 3.05) is 11.9 Å². The van der Waals surface area contributed by atoms with Crippen molar-refractivity contribution in [1.82, 2.24) is 9.97 Å². The molecule has 1 N–H and O–H groups in total. The van der Waals surface area contributed by atoms with Crippen molar-refractivity contribution in [3.8, 4) is 0 Å². The zero-order chi connectivity index (χ0) is 12.0. The van der Waals surface area contributed by atoms with Crippen LogP contribution < -0.4 is 5.32 Å². The number of aromatic nitrogens is 2. The molecule has 0 radical (unpaired) electrons. The van der Waals surface area contributed by atoms with Crippen molar-refractivity contribution in [2.24, 2.45) is 0 Å². The van der Waals surface area contributed by atoms with E-state index in [0.717, 1.165) is 30.2 Å². The molecule has 0 aliphatic heterocycles. The Morgan fingerprint density at radius 1 is 1.38 bits per heavy atom. The van der Waals surface area contributed by atoms with Gasteiger partial charge in [-0.05, 0) is 19.8 Å². The van der Waals surface area contributed by atoms with E-state index in [4.69, 9.17) is 0 Å². The minimum absolute atomic E-state index is 0.604. The predicted octanol–water partition coefficient (Wildman–Crippen LogP) is 3.50.